The van der Waals surface area contributed by atoms with Gasteiger partial charge in [-0.3, -0.25) is 0 Å². The molecule has 0 aromatic heterocycles. The molecule has 0 aliphatic heterocycles. The molecule has 0 aliphatic carbocycles. The van der Waals surface area contributed by atoms with Gasteiger partial charge in [-0.2, -0.15) is 0 Å². The first-order valence-electron chi connectivity index (χ1n) is 7.70. The van der Waals surface area contributed by atoms with E-state index in [4.69, 9.17) is 4.74 Å². The lowest BCUT2D eigenvalue weighted by atomic mass is 9.97. The highest BCUT2D eigenvalue weighted by molar-refractivity contribution is 4.63. The first-order valence-corrected chi connectivity index (χ1v) is 7.70. The van der Waals surface area contributed by atoms with Gasteiger partial charge in [-0.15, -0.1) is 0 Å². The number of ether oxygens (including phenoxy) is 1. The van der Waals surface area contributed by atoms with E-state index in [1.54, 1.807) is 0 Å². The van der Waals surface area contributed by atoms with E-state index in [1.807, 2.05) is 0 Å². The van der Waals surface area contributed by atoms with Crippen LogP contribution in [-0.4, -0.2) is 13.2 Å². The molecule has 0 radical (unpaired) electrons. The maximum absolute atomic E-state index is 5.56. The molecule has 0 N–H and O–H groups in total. The van der Waals surface area contributed by atoms with E-state index in [0.29, 0.717) is 10.8 Å². The summed E-state index contributed by atoms with van der Waals surface area (Å²) in [4.78, 5) is 0. The molecule has 1 nitrogen and oxygen atoms in total. The molecule has 0 bridgehead atoms. The molecule has 0 rings (SSSR count). The zero-order valence-corrected chi connectivity index (χ0v) is 14.4. The van der Waals surface area contributed by atoms with Crippen LogP contribution in [0.3, 0.4) is 0 Å². The van der Waals surface area contributed by atoms with Gasteiger partial charge < -0.3 is 4.74 Å². The van der Waals surface area contributed by atoms with E-state index in [-0.39, 0.29) is 0 Å². The Morgan fingerprint density at radius 2 is 0.944 bits per heavy atom. The van der Waals surface area contributed by atoms with Crippen molar-refractivity contribution in [3.63, 3.8) is 0 Å². The quantitative estimate of drug-likeness (QED) is 0.525. The van der Waals surface area contributed by atoms with Crippen molar-refractivity contribution >= 4 is 0 Å². The van der Waals surface area contributed by atoms with E-state index in [1.165, 1.54) is 32.1 Å². The second kappa shape index (κ2) is 10.8. The lowest BCUT2D eigenvalue weighted by Crippen LogP contribution is -2.21. The molecule has 0 saturated heterocycles. The van der Waals surface area contributed by atoms with Gasteiger partial charge in [0.05, 0.1) is 13.2 Å². The van der Waals surface area contributed by atoms with Crippen molar-refractivity contribution in [2.24, 2.45) is 10.8 Å². The summed E-state index contributed by atoms with van der Waals surface area (Å²) in [5.74, 6) is 0. The minimum Gasteiger partial charge on any atom is -0.380 e. The molecule has 18 heavy (non-hydrogen) atoms. The van der Waals surface area contributed by atoms with Gasteiger partial charge in [0.15, 0.2) is 0 Å². The third-order valence-corrected chi connectivity index (χ3v) is 2.28. The van der Waals surface area contributed by atoms with Crippen LogP contribution in [0.15, 0.2) is 0 Å². The molecule has 112 valence electrons. The van der Waals surface area contributed by atoms with Crippen LogP contribution in [-0.2, 0) is 4.74 Å². The van der Waals surface area contributed by atoms with Crippen molar-refractivity contribution in [1.82, 2.24) is 0 Å². The standard InChI is InChI=1S/C10H22O.C7H16/c1-9(2,3)7-11-8-10(4,5)6;1-3-5-7-6-4-2/h7-8H2,1-6H3;3-7H2,1-2H3. The Balaban J connectivity index is 0. The summed E-state index contributed by atoms with van der Waals surface area (Å²) in [6, 6.07) is 0. The van der Waals surface area contributed by atoms with Crippen LogP contribution in [0.25, 0.3) is 0 Å². The predicted octanol–water partition coefficient (Wildman–Crippen LogP) is 6.07. The van der Waals surface area contributed by atoms with Gasteiger partial charge >= 0.3 is 0 Å². The molecule has 0 aromatic carbocycles. The Hall–Kier alpha value is -0.0400. The van der Waals surface area contributed by atoms with E-state index in [9.17, 15) is 0 Å². The number of unbranched alkanes of at least 4 members (excludes halogenated alkanes) is 4. The average molecular weight is 258 g/mol. The molecule has 0 unspecified atom stereocenters. The van der Waals surface area contributed by atoms with Crippen molar-refractivity contribution in [2.75, 3.05) is 13.2 Å². The molecule has 0 fully saturated rings. The first-order chi connectivity index (χ1) is 8.12. The molecule has 0 amide bonds. The maximum Gasteiger partial charge on any atom is 0.0514 e. The highest BCUT2D eigenvalue weighted by Crippen LogP contribution is 2.17. The van der Waals surface area contributed by atoms with Gasteiger partial charge in [0.2, 0.25) is 0 Å². The fourth-order valence-electron chi connectivity index (χ4n) is 1.34. The zero-order chi connectivity index (χ0) is 14.7. The number of rotatable bonds is 6. The minimum absolute atomic E-state index is 0.297. The molecular weight excluding hydrogens is 220 g/mol. The highest BCUT2D eigenvalue weighted by atomic mass is 16.5. The Kier molecular flexibility index (Phi) is 12.2. The Labute approximate surface area is 117 Å². The van der Waals surface area contributed by atoms with Crippen LogP contribution >= 0.6 is 0 Å². The molecule has 1 heteroatoms. The zero-order valence-electron chi connectivity index (χ0n) is 14.4. The second-order valence-corrected chi connectivity index (χ2v) is 7.67. The molecule has 0 aromatic rings. The van der Waals surface area contributed by atoms with Gasteiger partial charge in [0.1, 0.15) is 0 Å². The van der Waals surface area contributed by atoms with Crippen molar-refractivity contribution in [3.05, 3.63) is 0 Å². The maximum atomic E-state index is 5.56. The van der Waals surface area contributed by atoms with E-state index >= 15 is 0 Å². The van der Waals surface area contributed by atoms with Crippen LogP contribution in [0.1, 0.15) is 87.5 Å². The number of hydrogen-bond donors (Lipinski definition) is 0. The SMILES string of the molecule is CC(C)(C)COCC(C)(C)C.CCCCCCC. The molecule has 0 heterocycles. The summed E-state index contributed by atoms with van der Waals surface area (Å²) in [7, 11) is 0. The van der Waals surface area contributed by atoms with Crippen molar-refractivity contribution in [1.29, 1.82) is 0 Å². The lowest BCUT2D eigenvalue weighted by Gasteiger charge is -2.23. The third kappa shape index (κ3) is 25.0. The second-order valence-electron chi connectivity index (χ2n) is 7.67. The first kappa shape index (κ1) is 20.3. The summed E-state index contributed by atoms with van der Waals surface area (Å²) in [6.45, 7) is 19.3. The van der Waals surface area contributed by atoms with Crippen LogP contribution in [0.4, 0.5) is 0 Å². The van der Waals surface area contributed by atoms with Crippen LogP contribution in [0.2, 0.25) is 0 Å². The van der Waals surface area contributed by atoms with Crippen molar-refractivity contribution < 1.29 is 4.74 Å². The van der Waals surface area contributed by atoms with Gasteiger partial charge in [-0.1, -0.05) is 87.5 Å². The number of hydrogen-bond acceptors (Lipinski definition) is 1. The van der Waals surface area contributed by atoms with Crippen LogP contribution in [0.5, 0.6) is 0 Å². The summed E-state index contributed by atoms with van der Waals surface area (Å²) < 4.78 is 5.56. The van der Waals surface area contributed by atoms with Gasteiger partial charge in [0.25, 0.3) is 0 Å². The smallest absolute Gasteiger partial charge is 0.0514 e. The minimum atomic E-state index is 0.297. The van der Waals surface area contributed by atoms with Gasteiger partial charge in [-0.25, -0.2) is 0 Å². The van der Waals surface area contributed by atoms with E-state index in [2.05, 4.69) is 55.4 Å². The largest absolute Gasteiger partial charge is 0.380 e. The molecule has 0 spiro atoms. The lowest BCUT2D eigenvalue weighted by molar-refractivity contribution is 0.0275. The molecule has 0 atom stereocenters. The summed E-state index contributed by atoms with van der Waals surface area (Å²) in [5.41, 5.74) is 0.594. The van der Waals surface area contributed by atoms with Crippen molar-refractivity contribution in [2.45, 2.75) is 87.5 Å². The monoisotopic (exact) mass is 258 g/mol. The highest BCUT2D eigenvalue weighted by Gasteiger charge is 2.14. The van der Waals surface area contributed by atoms with Gasteiger partial charge in [-0.05, 0) is 10.8 Å². The van der Waals surface area contributed by atoms with Crippen LogP contribution in [0, 0.1) is 10.8 Å². The van der Waals surface area contributed by atoms with E-state index < -0.39 is 0 Å². The summed E-state index contributed by atoms with van der Waals surface area (Å²) >= 11 is 0. The van der Waals surface area contributed by atoms with Crippen LogP contribution < -0.4 is 0 Å². The van der Waals surface area contributed by atoms with Gasteiger partial charge in [0, 0.05) is 0 Å². The molecule has 0 aliphatic rings. The Morgan fingerprint density at radius 3 is 1.17 bits per heavy atom. The topological polar surface area (TPSA) is 9.23 Å². The average Bonchev–Trinajstić information content (AvgIpc) is 2.15. The fraction of sp³-hybridized carbons (Fsp3) is 1.00. The molecule has 0 saturated carbocycles. The summed E-state index contributed by atoms with van der Waals surface area (Å²) in [5, 5.41) is 0. The summed E-state index contributed by atoms with van der Waals surface area (Å²) in [6.07, 6.45) is 7.01. The predicted molar refractivity (Wildman–Crippen MR) is 84.2 cm³/mol. The molecular formula is C17H38O. The normalized spacial score (nSPS) is 12.0. The third-order valence-electron chi connectivity index (χ3n) is 2.28. The fourth-order valence-corrected chi connectivity index (χ4v) is 1.34. The Morgan fingerprint density at radius 1 is 0.611 bits per heavy atom. The Bertz CT molecular complexity index is 141. The van der Waals surface area contributed by atoms with Crippen molar-refractivity contribution in [3.8, 4) is 0 Å². The van der Waals surface area contributed by atoms with E-state index in [0.717, 1.165) is 13.2 Å².